The minimum atomic E-state index is -0.840. The van der Waals surface area contributed by atoms with Crippen LogP contribution in [-0.2, 0) is 11.8 Å². The number of carboxylic acids is 1. The Morgan fingerprint density at radius 1 is 1.45 bits per heavy atom. The van der Waals surface area contributed by atoms with E-state index in [1.807, 2.05) is 17.5 Å². The summed E-state index contributed by atoms with van der Waals surface area (Å²) in [4.78, 5) is 26.6. The van der Waals surface area contributed by atoms with Gasteiger partial charge in [-0.2, -0.15) is 5.10 Å². The maximum absolute atomic E-state index is 12.8. The van der Waals surface area contributed by atoms with Crippen LogP contribution < -0.4 is 0 Å². The molecule has 7 heteroatoms. The van der Waals surface area contributed by atoms with Crippen molar-refractivity contribution in [3.05, 3.63) is 29.3 Å². The van der Waals surface area contributed by atoms with Crippen LogP contribution in [-0.4, -0.2) is 44.3 Å². The second-order valence-electron chi connectivity index (χ2n) is 5.51. The van der Waals surface area contributed by atoms with Crippen molar-refractivity contribution < 1.29 is 14.7 Å². The third-order valence-corrected chi connectivity index (χ3v) is 5.02. The third kappa shape index (κ3) is 2.41. The van der Waals surface area contributed by atoms with E-state index in [9.17, 15) is 14.7 Å². The number of likely N-dealkylation sites (tertiary alicyclic amines) is 1. The Hall–Kier alpha value is -2.15. The average molecular weight is 319 g/mol. The summed E-state index contributed by atoms with van der Waals surface area (Å²) < 4.78 is 1.62. The number of hydrogen-bond acceptors (Lipinski definition) is 4. The molecule has 1 aliphatic heterocycles. The Bertz CT molecular complexity index is 708. The van der Waals surface area contributed by atoms with E-state index in [0.29, 0.717) is 24.2 Å². The van der Waals surface area contributed by atoms with E-state index in [1.165, 1.54) is 11.3 Å². The highest BCUT2D eigenvalue weighted by atomic mass is 32.1. The molecular weight excluding hydrogens is 302 g/mol. The topological polar surface area (TPSA) is 75.4 Å². The summed E-state index contributed by atoms with van der Waals surface area (Å²) in [6, 6.07) is 3.54. The fourth-order valence-corrected chi connectivity index (χ4v) is 3.67. The molecule has 3 rings (SSSR count). The van der Waals surface area contributed by atoms with E-state index in [2.05, 4.69) is 5.10 Å². The van der Waals surface area contributed by atoms with Gasteiger partial charge in [0.25, 0.3) is 5.91 Å². The molecule has 1 saturated heterocycles. The lowest BCUT2D eigenvalue weighted by Gasteiger charge is -2.23. The van der Waals surface area contributed by atoms with Crippen LogP contribution in [0, 0.1) is 5.92 Å². The minimum Gasteiger partial charge on any atom is -0.481 e. The smallest absolute Gasteiger partial charge is 0.308 e. The monoisotopic (exact) mass is 319 g/mol. The minimum absolute atomic E-state index is 0.146. The second kappa shape index (κ2) is 5.57. The Morgan fingerprint density at radius 3 is 2.82 bits per heavy atom. The Balaban J connectivity index is 1.92. The lowest BCUT2D eigenvalue weighted by molar-refractivity contribution is -0.142. The van der Waals surface area contributed by atoms with Gasteiger partial charge in [0, 0.05) is 25.8 Å². The highest BCUT2D eigenvalue weighted by Crippen LogP contribution is 2.31. The maximum atomic E-state index is 12.8. The summed E-state index contributed by atoms with van der Waals surface area (Å²) in [6.45, 7) is 2.26. The van der Waals surface area contributed by atoms with Crippen LogP contribution >= 0.6 is 11.3 Å². The van der Waals surface area contributed by atoms with Crippen molar-refractivity contribution in [2.24, 2.45) is 13.0 Å². The highest BCUT2D eigenvalue weighted by Gasteiger charge is 2.39. The second-order valence-corrected chi connectivity index (χ2v) is 6.46. The summed E-state index contributed by atoms with van der Waals surface area (Å²) >= 11 is 1.53. The van der Waals surface area contributed by atoms with E-state index in [0.717, 1.165) is 4.88 Å². The van der Waals surface area contributed by atoms with Crippen LogP contribution in [0.1, 0.15) is 23.7 Å². The van der Waals surface area contributed by atoms with Crippen LogP contribution in [0.5, 0.6) is 0 Å². The molecule has 22 heavy (non-hydrogen) atoms. The lowest BCUT2D eigenvalue weighted by atomic mass is 10.0. The molecule has 0 aliphatic carbocycles. The largest absolute Gasteiger partial charge is 0.481 e. The van der Waals surface area contributed by atoms with Crippen molar-refractivity contribution in [1.29, 1.82) is 0 Å². The molecule has 0 spiro atoms. The van der Waals surface area contributed by atoms with E-state index in [-0.39, 0.29) is 11.9 Å². The van der Waals surface area contributed by atoms with Crippen molar-refractivity contribution >= 4 is 23.2 Å². The number of rotatable bonds is 3. The van der Waals surface area contributed by atoms with Gasteiger partial charge in [0.15, 0.2) is 0 Å². The van der Waals surface area contributed by atoms with Crippen molar-refractivity contribution in [3.8, 4) is 10.6 Å². The number of carbonyl (C=O) groups excluding carboxylic acids is 1. The van der Waals surface area contributed by atoms with Gasteiger partial charge < -0.3 is 10.0 Å². The Morgan fingerprint density at radius 2 is 2.23 bits per heavy atom. The van der Waals surface area contributed by atoms with Crippen LogP contribution in [0.2, 0.25) is 0 Å². The van der Waals surface area contributed by atoms with Crippen molar-refractivity contribution in [1.82, 2.24) is 14.7 Å². The van der Waals surface area contributed by atoms with Gasteiger partial charge in [0.1, 0.15) is 5.69 Å². The predicted octanol–water partition coefficient (Wildman–Crippen LogP) is 2.08. The SMILES string of the molecule is CC1C(C(=O)O)CCN1C(=O)c1cn(C)nc1-c1cccs1. The zero-order chi connectivity index (χ0) is 15.9. The molecule has 6 nitrogen and oxygen atoms in total. The fourth-order valence-electron chi connectivity index (χ4n) is 2.95. The maximum Gasteiger partial charge on any atom is 0.308 e. The number of carbonyl (C=O) groups is 2. The molecule has 2 unspecified atom stereocenters. The Kier molecular flexibility index (Phi) is 3.74. The summed E-state index contributed by atoms with van der Waals surface area (Å²) in [6.07, 6.45) is 2.20. The number of carboxylic acid groups (broad SMARTS) is 1. The van der Waals surface area contributed by atoms with Crippen molar-refractivity contribution in [2.75, 3.05) is 6.54 Å². The number of hydrogen-bond donors (Lipinski definition) is 1. The highest BCUT2D eigenvalue weighted by molar-refractivity contribution is 7.13. The van der Waals surface area contributed by atoms with E-state index >= 15 is 0 Å². The van der Waals surface area contributed by atoms with Gasteiger partial charge in [-0.3, -0.25) is 14.3 Å². The first kappa shape index (κ1) is 14.8. The molecule has 2 aromatic rings. The molecule has 0 aromatic carbocycles. The molecule has 1 amide bonds. The van der Waals surface area contributed by atoms with Crippen LogP contribution in [0.25, 0.3) is 10.6 Å². The number of nitrogens with zero attached hydrogens (tertiary/aromatic N) is 3. The molecule has 0 bridgehead atoms. The molecule has 116 valence electrons. The number of aromatic nitrogens is 2. The summed E-state index contributed by atoms with van der Waals surface area (Å²) in [5.41, 5.74) is 1.19. The summed E-state index contributed by atoms with van der Waals surface area (Å²) in [7, 11) is 1.78. The van der Waals surface area contributed by atoms with E-state index in [1.54, 1.807) is 29.7 Å². The zero-order valence-corrected chi connectivity index (χ0v) is 13.2. The third-order valence-electron chi connectivity index (χ3n) is 4.15. The van der Waals surface area contributed by atoms with E-state index in [4.69, 9.17) is 0 Å². The standard InChI is InChI=1S/C15H17N3O3S/c1-9-10(15(20)21)5-6-18(9)14(19)11-8-17(2)16-13(11)12-4-3-7-22-12/h3-4,7-10H,5-6H2,1-2H3,(H,20,21). The Labute approximate surface area is 132 Å². The number of amides is 1. The quantitative estimate of drug-likeness (QED) is 0.940. The molecule has 1 aliphatic rings. The van der Waals surface area contributed by atoms with Crippen LogP contribution in [0.15, 0.2) is 23.7 Å². The molecule has 1 fully saturated rings. The van der Waals surface area contributed by atoms with Crippen LogP contribution in [0.4, 0.5) is 0 Å². The summed E-state index contributed by atoms with van der Waals surface area (Å²) in [5.74, 6) is -1.48. The molecule has 0 radical (unpaired) electrons. The molecule has 0 saturated carbocycles. The van der Waals surface area contributed by atoms with Gasteiger partial charge in [-0.25, -0.2) is 0 Å². The normalized spacial score (nSPS) is 21.3. The molecular formula is C15H17N3O3S. The number of thiophene rings is 1. The first-order chi connectivity index (χ1) is 10.5. The first-order valence-electron chi connectivity index (χ1n) is 7.10. The van der Waals surface area contributed by atoms with Gasteiger partial charge in [-0.1, -0.05) is 6.07 Å². The molecule has 1 N–H and O–H groups in total. The van der Waals surface area contributed by atoms with Gasteiger partial charge in [-0.05, 0) is 24.8 Å². The number of aliphatic carboxylic acids is 1. The fraction of sp³-hybridized carbons (Fsp3) is 0.400. The number of aryl methyl sites for hydroxylation is 1. The van der Waals surface area contributed by atoms with E-state index < -0.39 is 11.9 Å². The predicted molar refractivity (Wildman–Crippen MR) is 82.8 cm³/mol. The van der Waals surface area contributed by atoms with Gasteiger partial charge >= 0.3 is 5.97 Å². The first-order valence-corrected chi connectivity index (χ1v) is 7.98. The lowest BCUT2D eigenvalue weighted by Crippen LogP contribution is -2.37. The zero-order valence-electron chi connectivity index (χ0n) is 12.4. The van der Waals surface area contributed by atoms with Gasteiger partial charge in [-0.15, -0.1) is 11.3 Å². The summed E-state index contributed by atoms with van der Waals surface area (Å²) in [5, 5.41) is 15.5. The van der Waals surface area contributed by atoms with Crippen molar-refractivity contribution in [3.63, 3.8) is 0 Å². The van der Waals surface area contributed by atoms with Gasteiger partial charge in [0.2, 0.25) is 0 Å². The molecule has 2 atom stereocenters. The molecule has 2 aromatic heterocycles. The van der Waals surface area contributed by atoms with Gasteiger partial charge in [0.05, 0.1) is 16.4 Å². The van der Waals surface area contributed by atoms with Crippen LogP contribution in [0.3, 0.4) is 0 Å². The van der Waals surface area contributed by atoms with Crippen molar-refractivity contribution in [2.45, 2.75) is 19.4 Å². The average Bonchev–Trinajstić information content (AvgIpc) is 3.16. The molecule has 3 heterocycles.